The summed E-state index contributed by atoms with van der Waals surface area (Å²) in [5.74, 6) is -0.171. The molecule has 2 saturated heterocycles. The first-order valence-corrected chi connectivity index (χ1v) is 13.3. The van der Waals surface area contributed by atoms with E-state index >= 15 is 0 Å². The smallest absolute Gasteiger partial charge is 0.245 e. The Morgan fingerprint density at radius 3 is 2.45 bits per heavy atom. The van der Waals surface area contributed by atoms with E-state index in [1.165, 1.54) is 30.0 Å². The molecule has 2 aliphatic rings. The summed E-state index contributed by atoms with van der Waals surface area (Å²) in [6.07, 6.45) is 3.12. The second-order valence-corrected chi connectivity index (χ2v) is 10.7. The summed E-state index contributed by atoms with van der Waals surface area (Å²) in [6.45, 7) is 0.554. The van der Waals surface area contributed by atoms with E-state index in [-0.39, 0.29) is 48.9 Å². The molecule has 0 aliphatic carbocycles. The van der Waals surface area contributed by atoms with Crippen LogP contribution >= 0.6 is 0 Å². The van der Waals surface area contributed by atoms with Gasteiger partial charge in [0.2, 0.25) is 33.7 Å². The Morgan fingerprint density at radius 1 is 1.11 bits per heavy atom. The zero-order valence-electron chi connectivity index (χ0n) is 20.6. The highest BCUT2D eigenvalue weighted by molar-refractivity contribution is 7.93. The first kappa shape index (κ1) is 25.9. The number of piperidine rings is 1. The highest BCUT2D eigenvalue weighted by Gasteiger charge is 2.38. The van der Waals surface area contributed by atoms with Gasteiger partial charge in [0.05, 0.1) is 32.7 Å². The lowest BCUT2D eigenvalue weighted by molar-refractivity contribution is 0.103. The zero-order chi connectivity index (χ0) is 26.9. The average molecular weight is 552 g/mol. The number of hydrogen-bond donors (Lipinski definition) is 2. The molecule has 17 heteroatoms. The molecule has 204 valence electrons. The molecule has 0 saturated carbocycles. The zero-order valence-corrected chi connectivity index (χ0v) is 21.4. The average Bonchev–Trinajstić information content (AvgIpc) is 3.58. The Labute approximate surface area is 217 Å². The minimum atomic E-state index is -4.17. The third-order valence-electron chi connectivity index (χ3n) is 6.22. The fourth-order valence-corrected chi connectivity index (χ4v) is 5.91. The molecule has 0 bridgehead atoms. The normalized spacial score (nSPS) is 21.9. The van der Waals surface area contributed by atoms with Gasteiger partial charge in [0.1, 0.15) is 17.7 Å². The van der Waals surface area contributed by atoms with Crippen molar-refractivity contribution in [3.05, 3.63) is 30.4 Å². The number of rotatable bonds is 8. The van der Waals surface area contributed by atoms with Gasteiger partial charge in [-0.15, -0.1) is 10.2 Å². The summed E-state index contributed by atoms with van der Waals surface area (Å²) in [6, 6.07) is 0. The van der Waals surface area contributed by atoms with Crippen LogP contribution in [0.5, 0.6) is 11.8 Å². The fraction of sp³-hybridized carbons (Fsp3) is 0.524. The first-order valence-electron chi connectivity index (χ1n) is 11.7. The van der Waals surface area contributed by atoms with Crippen LogP contribution < -0.4 is 19.1 Å². The van der Waals surface area contributed by atoms with Crippen LogP contribution in [0.2, 0.25) is 0 Å². The lowest BCUT2D eigenvalue weighted by Crippen LogP contribution is -2.50. The fourth-order valence-electron chi connectivity index (χ4n) is 4.50. The summed E-state index contributed by atoms with van der Waals surface area (Å²) < 4.78 is 61.0. The molecular weight excluding hydrogens is 525 g/mol. The van der Waals surface area contributed by atoms with Gasteiger partial charge in [-0.25, -0.2) is 22.8 Å². The van der Waals surface area contributed by atoms with Gasteiger partial charge >= 0.3 is 0 Å². The maximum atomic E-state index is 13.6. The Balaban J connectivity index is 1.51. The number of hydrogen-bond acceptors (Lipinski definition) is 13. The molecule has 5 rings (SSSR count). The number of nitrogens with one attached hydrogen (secondary N) is 1. The molecule has 2 aliphatic heterocycles. The lowest BCUT2D eigenvalue weighted by Gasteiger charge is -2.35. The predicted octanol–water partition coefficient (Wildman–Crippen LogP) is 0.237. The van der Waals surface area contributed by atoms with Crippen molar-refractivity contribution >= 4 is 21.9 Å². The summed E-state index contributed by atoms with van der Waals surface area (Å²) in [4.78, 5) is 17.6. The van der Waals surface area contributed by atoms with E-state index in [1.807, 2.05) is 0 Å². The summed E-state index contributed by atoms with van der Waals surface area (Å²) >= 11 is 0. The molecule has 0 unspecified atom stereocenters. The second-order valence-electron chi connectivity index (χ2n) is 8.72. The molecule has 0 radical (unpaired) electrons. The molecule has 2 N–H and O–H groups in total. The number of sulfonamides is 1. The van der Waals surface area contributed by atoms with Crippen molar-refractivity contribution in [1.82, 2.24) is 34.7 Å². The van der Waals surface area contributed by atoms with Crippen LogP contribution in [0.3, 0.4) is 0 Å². The van der Waals surface area contributed by atoms with E-state index in [0.29, 0.717) is 18.9 Å². The SMILES string of the molecule is COc1ncnc(OC)c1-n1c(NS(=O)(=O)[C@H]2C[C@H](O)CN(c3ncc(F)cn3)C2)nnc1[C@@H]1CCCO1. The van der Waals surface area contributed by atoms with Gasteiger partial charge in [-0.1, -0.05) is 0 Å². The van der Waals surface area contributed by atoms with Crippen LogP contribution in [0.25, 0.3) is 5.69 Å². The van der Waals surface area contributed by atoms with E-state index in [2.05, 4.69) is 34.9 Å². The van der Waals surface area contributed by atoms with Gasteiger partial charge in [0.15, 0.2) is 17.3 Å². The second kappa shape index (κ2) is 10.6. The molecule has 3 aromatic rings. The summed E-state index contributed by atoms with van der Waals surface area (Å²) in [5.41, 5.74) is 0.190. The van der Waals surface area contributed by atoms with Crippen LogP contribution in [-0.4, -0.2) is 93.5 Å². The number of anilines is 2. The monoisotopic (exact) mass is 551 g/mol. The highest BCUT2D eigenvalue weighted by atomic mass is 32.2. The largest absolute Gasteiger partial charge is 0.479 e. The predicted molar refractivity (Wildman–Crippen MR) is 129 cm³/mol. The van der Waals surface area contributed by atoms with Crippen LogP contribution in [0.4, 0.5) is 16.3 Å². The van der Waals surface area contributed by atoms with E-state index in [9.17, 15) is 17.9 Å². The van der Waals surface area contributed by atoms with Gasteiger partial charge < -0.3 is 24.2 Å². The maximum Gasteiger partial charge on any atom is 0.245 e. The Morgan fingerprint density at radius 2 is 1.82 bits per heavy atom. The van der Waals surface area contributed by atoms with E-state index in [0.717, 1.165) is 18.8 Å². The number of ether oxygens (including phenoxy) is 3. The van der Waals surface area contributed by atoms with Crippen molar-refractivity contribution in [2.75, 3.05) is 43.5 Å². The van der Waals surface area contributed by atoms with Gasteiger partial charge in [-0.3, -0.25) is 9.29 Å². The molecular formula is C21H26FN9O6S. The molecule has 15 nitrogen and oxygen atoms in total. The third-order valence-corrected chi connectivity index (χ3v) is 7.91. The minimum Gasteiger partial charge on any atom is -0.479 e. The number of halogens is 1. The van der Waals surface area contributed by atoms with Crippen molar-refractivity contribution in [1.29, 1.82) is 0 Å². The van der Waals surface area contributed by atoms with Gasteiger partial charge in [-0.05, 0) is 19.3 Å². The Bertz CT molecular complexity index is 1360. The van der Waals surface area contributed by atoms with Crippen LogP contribution in [0.15, 0.2) is 18.7 Å². The third kappa shape index (κ3) is 5.03. The highest BCUT2D eigenvalue weighted by Crippen LogP contribution is 2.37. The Kier molecular flexibility index (Phi) is 7.22. The summed E-state index contributed by atoms with van der Waals surface area (Å²) in [7, 11) is -1.36. The standard InChI is InChI=1S/C21H26FN9O6S/c1-35-18-16(19(36-2)26-11-25-18)31-17(15-4-3-5-37-15)27-28-21(31)29-38(33,34)14-6-13(32)9-30(10-14)20-23-7-12(22)8-24-20/h7-8,11,13-15,32H,3-6,9-10H2,1-2H3,(H,28,29)/t13-,14-,15-/m0/s1. The first-order chi connectivity index (χ1) is 18.3. The van der Waals surface area contributed by atoms with Crippen molar-refractivity contribution in [2.45, 2.75) is 36.7 Å². The van der Waals surface area contributed by atoms with Gasteiger partial charge in [0.25, 0.3) is 0 Å². The van der Waals surface area contributed by atoms with E-state index in [1.54, 1.807) is 0 Å². The van der Waals surface area contributed by atoms with Crippen molar-refractivity contribution in [3.63, 3.8) is 0 Å². The number of aromatic nitrogens is 7. The number of aliphatic hydroxyl groups excluding tert-OH is 1. The summed E-state index contributed by atoms with van der Waals surface area (Å²) in [5, 5.41) is 17.7. The molecule has 0 amide bonds. The van der Waals surface area contributed by atoms with Crippen molar-refractivity contribution < 1.29 is 32.1 Å². The maximum absolute atomic E-state index is 13.6. The minimum absolute atomic E-state index is 0.0498. The number of aliphatic hydroxyl groups is 1. The molecule has 38 heavy (non-hydrogen) atoms. The number of methoxy groups -OCH3 is 2. The van der Waals surface area contributed by atoms with Crippen LogP contribution in [0, 0.1) is 5.82 Å². The number of nitrogens with zero attached hydrogens (tertiary/aromatic N) is 8. The molecule has 3 atom stereocenters. The molecule has 2 fully saturated rings. The van der Waals surface area contributed by atoms with Gasteiger partial charge in [0, 0.05) is 19.7 Å². The van der Waals surface area contributed by atoms with Crippen molar-refractivity contribution in [2.24, 2.45) is 0 Å². The Hall–Kier alpha value is -3.70. The quantitative estimate of drug-likeness (QED) is 0.389. The molecule has 5 heterocycles. The van der Waals surface area contributed by atoms with Crippen LogP contribution in [0.1, 0.15) is 31.2 Å². The topological polar surface area (TPSA) is 180 Å². The van der Waals surface area contributed by atoms with E-state index in [4.69, 9.17) is 14.2 Å². The lowest BCUT2D eigenvalue weighted by atomic mass is 10.1. The molecule has 0 spiro atoms. The molecule has 0 aromatic carbocycles. The number of β-amino-alcohol motifs (C(OH)–C–C–N with tert-alkyl or cyclic N) is 1. The van der Waals surface area contributed by atoms with E-state index < -0.39 is 33.3 Å². The van der Waals surface area contributed by atoms with Gasteiger partial charge in [-0.2, -0.15) is 9.97 Å². The van der Waals surface area contributed by atoms with Crippen molar-refractivity contribution in [3.8, 4) is 17.4 Å². The van der Waals surface area contributed by atoms with Crippen LogP contribution in [-0.2, 0) is 14.8 Å². The molecule has 3 aromatic heterocycles.